The summed E-state index contributed by atoms with van der Waals surface area (Å²) in [5.74, 6) is -3.42. The molecule has 4 aliphatic rings. The number of ketones is 1. The molecule has 5 rings (SSSR count). The number of cyclic esters (lactones) is 1. The van der Waals surface area contributed by atoms with E-state index in [2.05, 4.69) is 22.6 Å². The third-order valence-corrected chi connectivity index (χ3v) is 12.6. The number of ether oxygens (including phenoxy) is 6. The lowest BCUT2D eigenvalue weighted by molar-refractivity contribution is -0.302. The van der Waals surface area contributed by atoms with E-state index in [0.29, 0.717) is 25.2 Å². The predicted octanol–water partition coefficient (Wildman–Crippen LogP) is 5.07. The van der Waals surface area contributed by atoms with Crippen molar-refractivity contribution in [1.29, 1.82) is 0 Å². The first-order chi connectivity index (χ1) is 27.0. The molecule has 4 fully saturated rings. The number of nitrogens with one attached hydrogen (secondary N) is 1. The van der Waals surface area contributed by atoms with Crippen molar-refractivity contribution in [3.63, 3.8) is 0 Å². The quantitative estimate of drug-likeness (QED) is 0.184. The van der Waals surface area contributed by atoms with E-state index in [9.17, 15) is 19.5 Å². The van der Waals surface area contributed by atoms with Gasteiger partial charge in [0.1, 0.15) is 30.3 Å². The summed E-state index contributed by atoms with van der Waals surface area (Å²) >= 11 is 0. The number of aliphatic hydroxyl groups excluding tert-OH is 1. The summed E-state index contributed by atoms with van der Waals surface area (Å²) in [4.78, 5) is 49.4. The minimum absolute atomic E-state index is 0.00815. The molecule has 320 valence electrons. The molecule has 57 heavy (non-hydrogen) atoms. The molecule has 2 N–H and O–H groups in total. The summed E-state index contributed by atoms with van der Waals surface area (Å²) < 4.78 is 38.8. The standard InChI is InChI=1S/C43H67N3O11/c1-11-33-43(8)37(44-41(50)57-43)27(4)34(47)25(2)22-42(7)38(56-40-35(48)32(46(9)10)21-26(3)54-40)28(5)36(29(6)39(49)55-33)51-23-31(24-52-42)45-53-20-16-15-19-30-17-13-12-14-18-30/h12-14,17-18,25-29,32-33,35-38,40,48H,11,15-16,19-24H2,1-10H3,(H,44,50)/b45-31-/t25-,26-,27+,28+,29-,32+,33-,35-,36+,37-,38-,40+,42-,43+/m1/s1. The van der Waals surface area contributed by atoms with E-state index in [0.717, 1.165) is 19.3 Å². The van der Waals surface area contributed by atoms with Gasteiger partial charge >= 0.3 is 12.1 Å². The van der Waals surface area contributed by atoms with Crippen molar-refractivity contribution in [2.24, 2.45) is 28.8 Å². The Kier molecular flexibility index (Phi) is 15.2. The minimum atomic E-state index is -1.31. The third kappa shape index (κ3) is 10.4. The number of fused-ring (bicyclic) bond motifs is 4. The fraction of sp³-hybridized carbons (Fsp3) is 0.767. The summed E-state index contributed by atoms with van der Waals surface area (Å²) in [6, 6.07) is 9.27. The van der Waals surface area contributed by atoms with Gasteiger partial charge in [-0.15, -0.1) is 0 Å². The molecule has 1 aromatic carbocycles. The molecule has 0 aromatic heterocycles. The van der Waals surface area contributed by atoms with Crippen LogP contribution in [0.3, 0.4) is 0 Å². The second-order valence-corrected chi connectivity index (χ2v) is 17.4. The number of likely N-dealkylation sites (N-methyl/N-ethyl adjacent to an activating group) is 1. The number of unbranched alkanes of at least 4 members (excludes halogenated alkanes) is 1. The lowest BCUT2D eigenvalue weighted by Crippen LogP contribution is -2.60. The van der Waals surface area contributed by atoms with Gasteiger partial charge in [-0.1, -0.05) is 63.2 Å². The van der Waals surface area contributed by atoms with E-state index in [4.69, 9.17) is 33.3 Å². The van der Waals surface area contributed by atoms with Crippen LogP contribution in [0, 0.1) is 23.7 Å². The van der Waals surface area contributed by atoms with E-state index >= 15 is 0 Å². The Balaban J connectivity index is 1.52. The largest absolute Gasteiger partial charge is 0.458 e. The monoisotopic (exact) mass is 801 g/mol. The van der Waals surface area contributed by atoms with Crippen LogP contribution in [-0.2, 0) is 49.3 Å². The van der Waals surface area contributed by atoms with Gasteiger partial charge in [-0.05, 0) is 85.9 Å². The molecule has 14 atom stereocenters. The van der Waals surface area contributed by atoms with Gasteiger partial charge in [0.2, 0.25) is 0 Å². The molecule has 0 unspecified atom stereocenters. The van der Waals surface area contributed by atoms with Crippen LogP contribution in [0.1, 0.15) is 93.1 Å². The van der Waals surface area contributed by atoms with Gasteiger partial charge in [0.05, 0.1) is 49.1 Å². The number of benzene rings is 1. The van der Waals surface area contributed by atoms with E-state index < -0.39 is 83.7 Å². The van der Waals surface area contributed by atoms with Crippen LogP contribution in [0.25, 0.3) is 0 Å². The summed E-state index contributed by atoms with van der Waals surface area (Å²) in [5.41, 5.74) is -0.791. The summed E-state index contributed by atoms with van der Waals surface area (Å²) in [7, 11) is 3.82. The zero-order chi connectivity index (χ0) is 41.7. The topological polar surface area (TPSA) is 164 Å². The van der Waals surface area contributed by atoms with Crippen molar-refractivity contribution < 1.29 is 52.7 Å². The van der Waals surface area contributed by atoms with Crippen molar-refractivity contribution in [3.8, 4) is 0 Å². The van der Waals surface area contributed by atoms with Crippen molar-refractivity contribution >= 4 is 23.6 Å². The van der Waals surface area contributed by atoms with Gasteiger partial charge in [0.25, 0.3) is 0 Å². The van der Waals surface area contributed by atoms with Gasteiger partial charge in [-0.25, -0.2) is 4.79 Å². The highest BCUT2D eigenvalue weighted by Crippen LogP contribution is 2.42. The zero-order valence-corrected chi connectivity index (χ0v) is 35.6. The van der Waals surface area contributed by atoms with E-state index in [1.165, 1.54) is 5.56 Å². The maximum absolute atomic E-state index is 14.5. The first-order valence-corrected chi connectivity index (χ1v) is 20.8. The lowest BCUT2D eigenvalue weighted by Gasteiger charge is -2.48. The number of aliphatic hydroxyl groups is 1. The third-order valence-electron chi connectivity index (χ3n) is 12.6. The molecule has 2 bridgehead atoms. The number of rotatable bonds is 10. The number of alkyl carbamates (subject to hydrolysis) is 1. The first kappa shape index (κ1) is 45.0. The number of nitrogens with zero attached hydrogens (tertiary/aromatic N) is 2. The van der Waals surface area contributed by atoms with Crippen molar-refractivity contribution in [1.82, 2.24) is 10.2 Å². The van der Waals surface area contributed by atoms with Crippen LogP contribution in [0.15, 0.2) is 35.5 Å². The molecule has 4 aliphatic heterocycles. The zero-order valence-electron chi connectivity index (χ0n) is 35.6. The fourth-order valence-corrected chi connectivity index (χ4v) is 9.38. The molecule has 14 heteroatoms. The minimum Gasteiger partial charge on any atom is -0.458 e. The number of hydrogen-bond acceptors (Lipinski definition) is 13. The van der Waals surface area contributed by atoms with E-state index in [1.54, 1.807) is 20.8 Å². The maximum atomic E-state index is 14.5. The summed E-state index contributed by atoms with van der Waals surface area (Å²) in [5, 5.41) is 19.0. The Morgan fingerprint density at radius 3 is 2.40 bits per heavy atom. The average Bonchev–Trinajstić information content (AvgIpc) is 3.51. The number of esters is 1. The number of hydrogen-bond donors (Lipinski definition) is 2. The van der Waals surface area contributed by atoms with Gasteiger partial charge < -0.3 is 48.6 Å². The molecule has 1 amide bonds. The smallest absolute Gasteiger partial charge is 0.408 e. The van der Waals surface area contributed by atoms with Crippen molar-refractivity contribution in [2.75, 3.05) is 33.9 Å². The van der Waals surface area contributed by atoms with E-state index in [1.807, 2.05) is 71.8 Å². The second kappa shape index (κ2) is 19.3. The second-order valence-electron chi connectivity index (χ2n) is 17.4. The van der Waals surface area contributed by atoms with Crippen LogP contribution < -0.4 is 5.32 Å². The Bertz CT molecular complexity index is 1540. The first-order valence-electron chi connectivity index (χ1n) is 20.8. The highest BCUT2D eigenvalue weighted by Gasteiger charge is 2.57. The number of oxime groups is 1. The van der Waals surface area contributed by atoms with Crippen LogP contribution in [0.2, 0.25) is 0 Å². The molecule has 1 aromatic rings. The van der Waals surface area contributed by atoms with Gasteiger partial charge in [-0.2, -0.15) is 0 Å². The van der Waals surface area contributed by atoms with Crippen molar-refractivity contribution in [2.45, 2.75) is 154 Å². The van der Waals surface area contributed by atoms with Crippen LogP contribution in [0.5, 0.6) is 0 Å². The Morgan fingerprint density at radius 2 is 1.72 bits per heavy atom. The summed E-state index contributed by atoms with van der Waals surface area (Å²) in [6.07, 6.45) is -1.72. The lowest BCUT2D eigenvalue weighted by atomic mass is 9.73. The number of carbonyl (C=O) groups excluding carboxylic acids is 3. The Morgan fingerprint density at radius 1 is 1.00 bits per heavy atom. The SMILES string of the molecule is CC[C@H]1OC(=O)[C@H](C)[C@H]2OC/C(=N/OCCCCc3ccccc3)CO[C@](C)(C[C@@H](C)C(=O)[C@H](C)[C@H]3NC(=O)O[C@]31C)[C@H](O[C@@H]1O[C@H](C)C[C@H](N(C)C)[C@H]1O)[C@H]2C. The van der Waals surface area contributed by atoms with Crippen LogP contribution in [-0.4, -0.2) is 128 Å². The van der Waals surface area contributed by atoms with Gasteiger partial charge in [-0.3, -0.25) is 9.59 Å². The maximum Gasteiger partial charge on any atom is 0.408 e. The molecular formula is C43H67N3O11. The fourth-order valence-electron chi connectivity index (χ4n) is 9.38. The van der Waals surface area contributed by atoms with Crippen molar-refractivity contribution in [3.05, 3.63) is 35.9 Å². The molecule has 4 saturated heterocycles. The normalized spacial score (nSPS) is 40.3. The molecular weight excluding hydrogens is 734 g/mol. The number of carbonyl (C=O) groups is 3. The number of aryl methyl sites for hydroxylation is 1. The van der Waals surface area contributed by atoms with Crippen LogP contribution in [0.4, 0.5) is 4.79 Å². The van der Waals surface area contributed by atoms with E-state index in [-0.39, 0.29) is 37.6 Å². The Labute approximate surface area is 338 Å². The molecule has 0 radical (unpaired) electrons. The molecule has 4 heterocycles. The highest BCUT2D eigenvalue weighted by atomic mass is 16.7. The number of Topliss-reactive ketones (excluding diaryl/α,β-unsaturated/α-hetero) is 1. The molecule has 0 saturated carbocycles. The molecule has 0 aliphatic carbocycles. The molecule has 0 spiro atoms. The highest BCUT2D eigenvalue weighted by molar-refractivity contribution is 5.87. The van der Waals surface area contributed by atoms with Gasteiger partial charge in [0, 0.05) is 23.8 Å². The average molecular weight is 802 g/mol. The van der Waals surface area contributed by atoms with Crippen LogP contribution >= 0.6 is 0 Å². The molecule has 14 nitrogen and oxygen atoms in total. The Hall–Kier alpha value is -3.14. The summed E-state index contributed by atoms with van der Waals surface area (Å²) in [6.45, 7) is 15.1. The predicted molar refractivity (Wildman–Crippen MR) is 212 cm³/mol. The van der Waals surface area contributed by atoms with Gasteiger partial charge in [0.15, 0.2) is 11.9 Å². The number of amides is 1.